The average Bonchev–Trinajstić information content (AvgIpc) is 2.62. The van der Waals surface area contributed by atoms with Gasteiger partial charge in [-0.3, -0.25) is 14.9 Å². The van der Waals surface area contributed by atoms with E-state index in [9.17, 15) is 14.4 Å². The van der Waals surface area contributed by atoms with Crippen LogP contribution in [0.1, 0.15) is 19.3 Å². The van der Waals surface area contributed by atoms with E-state index in [1.54, 1.807) is 6.08 Å². The fourth-order valence-corrected chi connectivity index (χ4v) is 2.60. The highest BCUT2D eigenvalue weighted by molar-refractivity contribution is 6.08. The van der Waals surface area contributed by atoms with Crippen molar-refractivity contribution in [3.63, 3.8) is 0 Å². The van der Waals surface area contributed by atoms with Gasteiger partial charge in [-0.05, 0) is 12.8 Å². The van der Waals surface area contributed by atoms with Crippen LogP contribution in [0, 0.1) is 11.3 Å². The Bertz CT molecular complexity index is 440. The van der Waals surface area contributed by atoms with Crippen LogP contribution >= 0.6 is 0 Å². The molecule has 0 radical (unpaired) electrons. The molecule has 0 aromatic rings. The van der Waals surface area contributed by atoms with Gasteiger partial charge in [0.25, 0.3) is 0 Å². The third kappa shape index (κ3) is 1.96. The molecule has 18 heavy (non-hydrogen) atoms. The molecule has 0 saturated carbocycles. The van der Waals surface area contributed by atoms with Crippen LogP contribution in [0.5, 0.6) is 0 Å². The zero-order valence-electron chi connectivity index (χ0n) is 9.98. The highest BCUT2D eigenvalue weighted by atomic mass is 16.5. The quantitative estimate of drug-likeness (QED) is 0.345. The number of imide groups is 1. The van der Waals surface area contributed by atoms with Crippen molar-refractivity contribution in [1.29, 1.82) is 0 Å². The molecule has 2 unspecified atom stereocenters. The van der Waals surface area contributed by atoms with E-state index in [2.05, 4.69) is 11.9 Å². The Balaban J connectivity index is 2.10. The number of ether oxygens (including phenoxy) is 1. The molecule has 2 amide bonds. The zero-order chi connectivity index (χ0) is 13.2. The Kier molecular flexibility index (Phi) is 3.32. The molecule has 2 aliphatic rings. The maximum absolute atomic E-state index is 11.9. The summed E-state index contributed by atoms with van der Waals surface area (Å²) in [7, 11) is 0. The standard InChI is InChI=1S/C13H15NO4/c1-2-10(15)18-8-7-13-6-4-3-5-9(13)11(16)14-12(13)17/h2,4,6,9H,1,3,5,7-8H2,(H,14,16,17). The molecule has 5 heteroatoms. The van der Waals surface area contributed by atoms with Gasteiger partial charge in [-0.2, -0.15) is 0 Å². The Morgan fingerprint density at radius 3 is 3.11 bits per heavy atom. The van der Waals surface area contributed by atoms with Crippen molar-refractivity contribution in [2.24, 2.45) is 11.3 Å². The van der Waals surface area contributed by atoms with Crippen LogP contribution in [0.3, 0.4) is 0 Å². The van der Waals surface area contributed by atoms with Crippen LogP contribution in [-0.4, -0.2) is 24.4 Å². The van der Waals surface area contributed by atoms with E-state index in [0.29, 0.717) is 12.8 Å². The molecule has 0 aromatic heterocycles. The van der Waals surface area contributed by atoms with Gasteiger partial charge in [0, 0.05) is 12.5 Å². The fraction of sp³-hybridized carbons (Fsp3) is 0.462. The number of fused-ring (bicyclic) bond motifs is 1. The van der Waals surface area contributed by atoms with E-state index < -0.39 is 11.4 Å². The van der Waals surface area contributed by atoms with Crippen molar-refractivity contribution in [1.82, 2.24) is 5.32 Å². The third-order valence-electron chi connectivity index (χ3n) is 3.56. The minimum Gasteiger partial charge on any atom is -0.462 e. The fourth-order valence-electron chi connectivity index (χ4n) is 2.60. The van der Waals surface area contributed by atoms with Gasteiger partial charge in [0.15, 0.2) is 0 Å². The SMILES string of the molecule is C=CC(=O)OCCC12C=CCCC1C(=O)NC2=O. The van der Waals surface area contributed by atoms with Gasteiger partial charge in [0.1, 0.15) is 0 Å². The first kappa shape index (κ1) is 12.5. The average molecular weight is 249 g/mol. The minimum atomic E-state index is -0.837. The first-order valence-corrected chi connectivity index (χ1v) is 5.92. The maximum atomic E-state index is 11.9. The maximum Gasteiger partial charge on any atom is 0.330 e. The largest absolute Gasteiger partial charge is 0.462 e. The van der Waals surface area contributed by atoms with Crippen LogP contribution in [-0.2, 0) is 19.1 Å². The van der Waals surface area contributed by atoms with Gasteiger partial charge >= 0.3 is 5.97 Å². The van der Waals surface area contributed by atoms with E-state index in [-0.39, 0.29) is 24.3 Å². The summed E-state index contributed by atoms with van der Waals surface area (Å²) in [5, 5.41) is 2.36. The Morgan fingerprint density at radius 2 is 2.39 bits per heavy atom. The predicted octanol–water partition coefficient (Wildman–Crippen LogP) is 0.715. The topological polar surface area (TPSA) is 72.5 Å². The third-order valence-corrected chi connectivity index (χ3v) is 3.56. The van der Waals surface area contributed by atoms with Crippen molar-refractivity contribution >= 4 is 17.8 Å². The van der Waals surface area contributed by atoms with Crippen molar-refractivity contribution in [3.8, 4) is 0 Å². The van der Waals surface area contributed by atoms with Crippen LogP contribution < -0.4 is 5.32 Å². The van der Waals surface area contributed by atoms with Crippen LogP contribution in [0.15, 0.2) is 24.8 Å². The smallest absolute Gasteiger partial charge is 0.330 e. The summed E-state index contributed by atoms with van der Waals surface area (Å²) in [5.74, 6) is -1.37. The summed E-state index contributed by atoms with van der Waals surface area (Å²) in [6.07, 6.45) is 6.53. The molecule has 1 aliphatic carbocycles. The highest BCUT2D eigenvalue weighted by Gasteiger charge is 2.53. The lowest BCUT2D eigenvalue weighted by atomic mass is 9.70. The number of carbonyl (C=O) groups excluding carboxylic acids is 3. The molecular weight excluding hydrogens is 234 g/mol. The summed E-state index contributed by atoms with van der Waals surface area (Å²) >= 11 is 0. The van der Waals surface area contributed by atoms with Gasteiger partial charge in [0.05, 0.1) is 17.9 Å². The van der Waals surface area contributed by atoms with E-state index in [1.807, 2.05) is 6.08 Å². The molecule has 1 N–H and O–H groups in total. The summed E-state index contributed by atoms with van der Waals surface area (Å²) in [6, 6.07) is 0. The molecule has 5 nitrogen and oxygen atoms in total. The Labute approximate surface area is 105 Å². The highest BCUT2D eigenvalue weighted by Crippen LogP contribution is 2.43. The monoisotopic (exact) mass is 249 g/mol. The number of hydrogen-bond donors (Lipinski definition) is 1. The van der Waals surface area contributed by atoms with Crippen molar-refractivity contribution in [2.75, 3.05) is 6.61 Å². The summed E-state index contributed by atoms with van der Waals surface area (Å²) < 4.78 is 4.90. The van der Waals surface area contributed by atoms with Crippen molar-refractivity contribution in [2.45, 2.75) is 19.3 Å². The van der Waals surface area contributed by atoms with Crippen LogP contribution in [0.25, 0.3) is 0 Å². The molecule has 1 saturated heterocycles. The van der Waals surface area contributed by atoms with Gasteiger partial charge in [0.2, 0.25) is 11.8 Å². The summed E-state index contributed by atoms with van der Waals surface area (Å²) in [6.45, 7) is 3.40. The summed E-state index contributed by atoms with van der Waals surface area (Å²) in [4.78, 5) is 34.6. The normalized spacial score (nSPS) is 29.7. The van der Waals surface area contributed by atoms with Crippen molar-refractivity contribution < 1.29 is 19.1 Å². The van der Waals surface area contributed by atoms with E-state index >= 15 is 0 Å². The van der Waals surface area contributed by atoms with Crippen LogP contribution in [0.4, 0.5) is 0 Å². The number of amides is 2. The number of hydrogen-bond acceptors (Lipinski definition) is 4. The van der Waals surface area contributed by atoms with Gasteiger partial charge < -0.3 is 4.74 Å². The minimum absolute atomic E-state index is 0.104. The molecule has 0 bridgehead atoms. The Hall–Kier alpha value is -1.91. The molecule has 0 spiro atoms. The first-order chi connectivity index (χ1) is 8.60. The number of allylic oxidation sites excluding steroid dienone is 1. The number of esters is 1. The molecule has 1 fully saturated rings. The first-order valence-electron chi connectivity index (χ1n) is 5.92. The lowest BCUT2D eigenvalue weighted by Gasteiger charge is -2.30. The second-order valence-electron chi connectivity index (χ2n) is 4.51. The number of carbonyl (C=O) groups is 3. The Morgan fingerprint density at radius 1 is 1.61 bits per heavy atom. The van der Waals surface area contributed by atoms with E-state index in [4.69, 9.17) is 4.74 Å². The molecule has 2 atom stereocenters. The zero-order valence-corrected chi connectivity index (χ0v) is 9.98. The molecular formula is C13H15NO4. The number of rotatable bonds is 4. The van der Waals surface area contributed by atoms with Crippen LogP contribution in [0.2, 0.25) is 0 Å². The molecule has 2 rings (SSSR count). The molecule has 1 heterocycles. The van der Waals surface area contributed by atoms with E-state index in [0.717, 1.165) is 12.5 Å². The number of nitrogens with one attached hydrogen (secondary N) is 1. The predicted molar refractivity (Wildman–Crippen MR) is 63.2 cm³/mol. The van der Waals surface area contributed by atoms with Gasteiger partial charge in [-0.15, -0.1) is 0 Å². The van der Waals surface area contributed by atoms with E-state index in [1.165, 1.54) is 0 Å². The van der Waals surface area contributed by atoms with Crippen molar-refractivity contribution in [3.05, 3.63) is 24.8 Å². The lowest BCUT2D eigenvalue weighted by molar-refractivity contribution is -0.140. The molecule has 96 valence electrons. The lowest BCUT2D eigenvalue weighted by Crippen LogP contribution is -2.36. The molecule has 1 aliphatic heterocycles. The second-order valence-corrected chi connectivity index (χ2v) is 4.51. The van der Waals surface area contributed by atoms with Gasteiger partial charge in [-0.1, -0.05) is 18.7 Å². The van der Waals surface area contributed by atoms with Gasteiger partial charge in [-0.25, -0.2) is 4.79 Å². The second kappa shape index (κ2) is 4.76. The summed E-state index contributed by atoms with van der Waals surface area (Å²) in [5.41, 5.74) is -0.837. The molecule has 0 aromatic carbocycles.